The number of morpholine rings is 1. The van der Waals surface area contributed by atoms with E-state index in [1.54, 1.807) is 11.3 Å². The summed E-state index contributed by atoms with van der Waals surface area (Å²) in [6.45, 7) is 4.42. The Balaban J connectivity index is 1.33. The number of nitrogens with one attached hydrogen (secondary N) is 2. The molecular formula is C18H22N4O3S. The Morgan fingerprint density at radius 2 is 1.96 bits per heavy atom. The van der Waals surface area contributed by atoms with Crippen LogP contribution in [0, 0.1) is 0 Å². The van der Waals surface area contributed by atoms with Gasteiger partial charge in [-0.2, -0.15) is 0 Å². The normalized spacial score (nSPS) is 23.7. The number of urea groups is 1. The van der Waals surface area contributed by atoms with Crippen LogP contribution in [0.3, 0.4) is 0 Å². The third kappa shape index (κ3) is 4.04. The van der Waals surface area contributed by atoms with E-state index in [0.717, 1.165) is 43.2 Å². The summed E-state index contributed by atoms with van der Waals surface area (Å²) in [4.78, 5) is 19.0. The molecule has 0 unspecified atom stereocenters. The molecule has 3 heterocycles. The Morgan fingerprint density at radius 1 is 1.15 bits per heavy atom. The van der Waals surface area contributed by atoms with Gasteiger partial charge >= 0.3 is 6.03 Å². The Labute approximate surface area is 156 Å². The van der Waals surface area contributed by atoms with Crippen LogP contribution in [0.5, 0.6) is 0 Å². The van der Waals surface area contributed by atoms with Crippen molar-refractivity contribution in [1.29, 1.82) is 0 Å². The van der Waals surface area contributed by atoms with Gasteiger partial charge in [-0.15, -0.1) is 11.3 Å². The lowest BCUT2D eigenvalue weighted by Crippen LogP contribution is -2.54. The van der Waals surface area contributed by atoms with Gasteiger partial charge in [-0.1, -0.05) is 12.1 Å². The smallest absolute Gasteiger partial charge is 0.319 e. The van der Waals surface area contributed by atoms with E-state index in [1.807, 2.05) is 35.2 Å². The molecule has 4 rings (SSSR count). The van der Waals surface area contributed by atoms with Crippen molar-refractivity contribution in [2.24, 2.45) is 0 Å². The molecule has 2 atom stereocenters. The van der Waals surface area contributed by atoms with Gasteiger partial charge in [-0.3, -0.25) is 4.90 Å². The number of rotatable bonds is 4. The van der Waals surface area contributed by atoms with Crippen molar-refractivity contribution in [3.63, 3.8) is 0 Å². The summed E-state index contributed by atoms with van der Waals surface area (Å²) in [5.41, 5.74) is 4.54. The lowest BCUT2D eigenvalue weighted by molar-refractivity contribution is 0.0113. The Bertz CT molecular complexity index is 717. The minimum Gasteiger partial charge on any atom is -0.379 e. The minimum absolute atomic E-state index is 0.0117. The van der Waals surface area contributed by atoms with E-state index < -0.39 is 0 Å². The van der Waals surface area contributed by atoms with Crippen molar-refractivity contribution < 1.29 is 14.3 Å². The predicted molar refractivity (Wildman–Crippen MR) is 100 cm³/mol. The highest BCUT2D eigenvalue weighted by Gasteiger charge is 2.34. The second-order valence-electron chi connectivity index (χ2n) is 6.41. The first-order valence-corrected chi connectivity index (χ1v) is 9.69. The summed E-state index contributed by atoms with van der Waals surface area (Å²) in [6.07, 6.45) is 0. The molecule has 1 aromatic heterocycles. The monoisotopic (exact) mass is 374 g/mol. The largest absolute Gasteiger partial charge is 0.379 e. The minimum atomic E-state index is -0.208. The second-order valence-corrected chi connectivity index (χ2v) is 7.13. The highest BCUT2D eigenvalue weighted by molar-refractivity contribution is 7.07. The van der Waals surface area contributed by atoms with Crippen LogP contribution in [0.2, 0.25) is 0 Å². The van der Waals surface area contributed by atoms with Gasteiger partial charge < -0.3 is 20.1 Å². The summed E-state index contributed by atoms with van der Waals surface area (Å²) >= 11 is 1.56. The van der Waals surface area contributed by atoms with Crippen LogP contribution in [0.1, 0.15) is 0 Å². The number of nitrogens with zero attached hydrogens (tertiary/aromatic N) is 2. The van der Waals surface area contributed by atoms with Crippen LogP contribution in [0.25, 0.3) is 11.3 Å². The zero-order chi connectivity index (χ0) is 17.8. The Kier molecular flexibility index (Phi) is 5.45. The van der Waals surface area contributed by atoms with Gasteiger partial charge in [-0.05, 0) is 12.1 Å². The van der Waals surface area contributed by atoms with Crippen molar-refractivity contribution >= 4 is 23.1 Å². The molecule has 0 radical (unpaired) electrons. The van der Waals surface area contributed by atoms with Crippen LogP contribution < -0.4 is 10.6 Å². The number of amides is 2. The van der Waals surface area contributed by atoms with Crippen molar-refractivity contribution in [3.8, 4) is 11.3 Å². The molecule has 2 aliphatic rings. The molecule has 2 fully saturated rings. The fraction of sp³-hybridized carbons (Fsp3) is 0.444. The maximum absolute atomic E-state index is 12.4. The van der Waals surface area contributed by atoms with Crippen LogP contribution in [-0.4, -0.2) is 67.5 Å². The second kappa shape index (κ2) is 8.13. The molecule has 0 saturated carbocycles. The molecule has 0 spiro atoms. The molecule has 1 aromatic carbocycles. The Morgan fingerprint density at radius 3 is 2.69 bits per heavy atom. The number of carbonyl (C=O) groups is 1. The van der Waals surface area contributed by atoms with Gasteiger partial charge in [0.2, 0.25) is 0 Å². The van der Waals surface area contributed by atoms with E-state index in [2.05, 4.69) is 20.5 Å². The molecule has 138 valence electrons. The first-order valence-electron chi connectivity index (χ1n) is 8.75. The Hall–Kier alpha value is -2.00. The lowest BCUT2D eigenvalue weighted by Gasteiger charge is -2.34. The summed E-state index contributed by atoms with van der Waals surface area (Å²) in [5.74, 6) is 0. The SMILES string of the molecule is O=C(Nc1ccc(-c2cscn2)cc1)N[C@@H]1COC[C@H]1N1CCOCC1. The van der Waals surface area contributed by atoms with Gasteiger partial charge in [0.05, 0.1) is 49.7 Å². The van der Waals surface area contributed by atoms with Crippen LogP contribution in [-0.2, 0) is 9.47 Å². The zero-order valence-electron chi connectivity index (χ0n) is 14.4. The average molecular weight is 374 g/mol. The summed E-state index contributed by atoms with van der Waals surface area (Å²) in [6, 6.07) is 7.68. The van der Waals surface area contributed by atoms with E-state index >= 15 is 0 Å². The third-order valence-corrected chi connectivity index (χ3v) is 5.34. The molecule has 0 aliphatic carbocycles. The summed E-state index contributed by atoms with van der Waals surface area (Å²) in [7, 11) is 0. The van der Waals surface area contributed by atoms with Crippen LogP contribution >= 0.6 is 11.3 Å². The molecular weight excluding hydrogens is 352 g/mol. The van der Waals surface area contributed by atoms with Crippen LogP contribution in [0.4, 0.5) is 10.5 Å². The number of hydrogen-bond acceptors (Lipinski definition) is 6. The summed E-state index contributed by atoms with van der Waals surface area (Å²) in [5, 5.41) is 7.95. The molecule has 2 aromatic rings. The number of hydrogen-bond donors (Lipinski definition) is 2. The fourth-order valence-corrected chi connectivity index (χ4v) is 3.93. The maximum atomic E-state index is 12.4. The zero-order valence-corrected chi connectivity index (χ0v) is 15.2. The number of ether oxygens (including phenoxy) is 2. The number of carbonyl (C=O) groups excluding carboxylic acids is 1. The highest BCUT2D eigenvalue weighted by atomic mass is 32.1. The molecule has 0 bridgehead atoms. The molecule has 26 heavy (non-hydrogen) atoms. The number of thiazole rings is 1. The van der Waals surface area contributed by atoms with Gasteiger partial charge in [0.15, 0.2) is 0 Å². The number of aromatic nitrogens is 1. The highest BCUT2D eigenvalue weighted by Crippen LogP contribution is 2.21. The van der Waals surface area contributed by atoms with Crippen molar-refractivity contribution in [3.05, 3.63) is 35.2 Å². The van der Waals surface area contributed by atoms with E-state index in [4.69, 9.17) is 9.47 Å². The number of anilines is 1. The quantitative estimate of drug-likeness (QED) is 0.857. The van der Waals surface area contributed by atoms with Gasteiger partial charge in [0.25, 0.3) is 0 Å². The summed E-state index contributed by atoms with van der Waals surface area (Å²) < 4.78 is 11.0. The molecule has 2 N–H and O–H groups in total. The lowest BCUT2D eigenvalue weighted by atomic mass is 10.1. The van der Waals surface area contributed by atoms with Crippen molar-refractivity contribution in [2.45, 2.75) is 12.1 Å². The molecule has 7 nitrogen and oxygen atoms in total. The van der Waals surface area contributed by atoms with E-state index in [9.17, 15) is 4.79 Å². The van der Waals surface area contributed by atoms with Gasteiger partial charge in [0.1, 0.15) is 0 Å². The molecule has 8 heteroatoms. The third-order valence-electron chi connectivity index (χ3n) is 4.75. The fourth-order valence-electron chi connectivity index (χ4n) is 3.36. The predicted octanol–water partition coefficient (Wildman–Crippen LogP) is 2.03. The van der Waals surface area contributed by atoms with E-state index in [0.29, 0.717) is 13.2 Å². The van der Waals surface area contributed by atoms with E-state index in [1.165, 1.54) is 0 Å². The van der Waals surface area contributed by atoms with Crippen molar-refractivity contribution in [1.82, 2.24) is 15.2 Å². The standard InChI is InChI=1S/C18H22N4O3S/c23-18(20-14-3-1-13(2-4-14)16-11-26-12-19-16)21-15-9-25-10-17(15)22-5-7-24-8-6-22/h1-4,11-12,15,17H,5-10H2,(H2,20,21,23)/t15-,17-/m1/s1. The first-order chi connectivity index (χ1) is 12.8. The van der Waals surface area contributed by atoms with Crippen LogP contribution in [0.15, 0.2) is 35.2 Å². The average Bonchev–Trinajstić information content (AvgIpc) is 3.35. The first kappa shape index (κ1) is 17.4. The molecule has 2 aliphatic heterocycles. The maximum Gasteiger partial charge on any atom is 0.319 e. The number of benzene rings is 1. The molecule has 2 saturated heterocycles. The molecule has 2 amide bonds. The van der Waals surface area contributed by atoms with Gasteiger partial charge in [0, 0.05) is 29.7 Å². The topological polar surface area (TPSA) is 75.7 Å². The van der Waals surface area contributed by atoms with E-state index in [-0.39, 0.29) is 18.1 Å². The van der Waals surface area contributed by atoms with Crippen molar-refractivity contribution in [2.75, 3.05) is 44.8 Å². The van der Waals surface area contributed by atoms with Gasteiger partial charge in [-0.25, -0.2) is 9.78 Å².